The Balaban J connectivity index is 0. The fraction of sp³-hybridized carbons (Fsp3) is 0.750. The van der Waals surface area contributed by atoms with Gasteiger partial charge in [-0.3, -0.25) is 10.1 Å². The summed E-state index contributed by atoms with van der Waals surface area (Å²) in [7, 11) is 3.25. The molecule has 1 rings (SSSR count). The van der Waals surface area contributed by atoms with E-state index in [1.165, 1.54) is 11.1 Å². The summed E-state index contributed by atoms with van der Waals surface area (Å²) < 4.78 is 37.8. The summed E-state index contributed by atoms with van der Waals surface area (Å²) in [4.78, 5) is 16.7. The van der Waals surface area contributed by atoms with Gasteiger partial charge in [-0.05, 0) is 27.0 Å². The standard InChI is InChI=1S/C9H12F3N2O.C3H8O2.Y/c1-8(9(10,11)12)5-13-6(7(8)15)4-14(2)3;1-3(2)5-4;/h4H,5H2,1-3H3;3-4H,1-2H3;/q-1;;/b6-4+;;. The predicted molar refractivity (Wildman–Crippen MR) is 68.0 cm³/mol. The van der Waals surface area contributed by atoms with Gasteiger partial charge in [-0.2, -0.15) is 13.2 Å². The van der Waals surface area contributed by atoms with Gasteiger partial charge < -0.3 is 10.2 Å². The zero-order valence-corrected chi connectivity index (χ0v) is 15.6. The second kappa shape index (κ2) is 9.07. The molecule has 0 aromatic heterocycles. The monoisotopic (exact) mass is 386 g/mol. The molecule has 0 aliphatic carbocycles. The average Bonchev–Trinajstić information content (AvgIpc) is 2.58. The fourth-order valence-electron chi connectivity index (χ4n) is 1.23. The van der Waals surface area contributed by atoms with Gasteiger partial charge in [-0.25, -0.2) is 4.89 Å². The summed E-state index contributed by atoms with van der Waals surface area (Å²) >= 11 is 0. The van der Waals surface area contributed by atoms with E-state index < -0.39 is 23.9 Å². The molecule has 5 nitrogen and oxygen atoms in total. The minimum Gasteiger partial charge on any atom is -0.679 e. The molecule has 0 aromatic carbocycles. The van der Waals surface area contributed by atoms with Crippen molar-refractivity contribution in [2.45, 2.75) is 33.1 Å². The van der Waals surface area contributed by atoms with Crippen LogP contribution < -0.4 is 0 Å². The van der Waals surface area contributed by atoms with Crippen LogP contribution in [-0.4, -0.2) is 48.9 Å². The Bertz CT molecular complexity index is 373. The van der Waals surface area contributed by atoms with E-state index in [2.05, 4.69) is 10.2 Å². The molecule has 1 heterocycles. The fourth-order valence-corrected chi connectivity index (χ4v) is 1.23. The Kier molecular flexibility index (Phi) is 9.98. The van der Waals surface area contributed by atoms with Crippen LogP contribution in [0, 0.1) is 5.41 Å². The molecule has 0 bridgehead atoms. The number of carbonyl (C=O) groups excluding carboxylic acids is 1. The van der Waals surface area contributed by atoms with Crippen LogP contribution >= 0.6 is 0 Å². The number of rotatable bonds is 2. The van der Waals surface area contributed by atoms with Crippen molar-refractivity contribution in [2.24, 2.45) is 5.41 Å². The molecular weight excluding hydrogens is 366 g/mol. The zero-order chi connectivity index (χ0) is 16.1. The van der Waals surface area contributed by atoms with Crippen LogP contribution in [0.25, 0.3) is 5.32 Å². The number of hydrogen-bond donors (Lipinski definition) is 1. The normalized spacial score (nSPS) is 23.3. The first-order chi connectivity index (χ1) is 8.95. The third kappa shape index (κ3) is 6.63. The van der Waals surface area contributed by atoms with Crippen molar-refractivity contribution in [3.8, 4) is 0 Å². The van der Waals surface area contributed by atoms with Gasteiger partial charge in [0.15, 0.2) is 5.78 Å². The molecule has 0 saturated carbocycles. The third-order valence-corrected chi connectivity index (χ3v) is 2.52. The quantitative estimate of drug-likeness (QED) is 0.451. The molecule has 1 saturated heterocycles. The Morgan fingerprint density at radius 3 is 2.10 bits per heavy atom. The number of Topliss-reactive ketones (excluding diaryl/α,β-unsaturated/α-hetero) is 1. The van der Waals surface area contributed by atoms with Gasteiger partial charge in [-0.15, -0.1) is 6.54 Å². The number of hydrogen-bond acceptors (Lipinski definition) is 4. The average molecular weight is 386 g/mol. The summed E-state index contributed by atoms with van der Waals surface area (Å²) in [6, 6.07) is 0. The van der Waals surface area contributed by atoms with E-state index in [1.807, 2.05) is 0 Å². The van der Waals surface area contributed by atoms with Crippen molar-refractivity contribution in [3.05, 3.63) is 17.2 Å². The van der Waals surface area contributed by atoms with Crippen molar-refractivity contribution in [1.29, 1.82) is 0 Å². The van der Waals surface area contributed by atoms with Gasteiger partial charge in [0.25, 0.3) is 0 Å². The second-order valence-corrected chi connectivity index (χ2v) is 5.11. The zero-order valence-electron chi connectivity index (χ0n) is 12.7. The van der Waals surface area contributed by atoms with Crippen molar-refractivity contribution >= 4 is 5.78 Å². The van der Waals surface area contributed by atoms with Crippen LogP contribution in [-0.2, 0) is 42.4 Å². The maximum Gasteiger partial charge on any atom is 0.399 e. The molecular formula is C12H20F3N2O3Y-. The minimum atomic E-state index is -4.55. The Labute approximate surface area is 147 Å². The summed E-state index contributed by atoms with van der Waals surface area (Å²) in [5, 5.41) is 11.3. The van der Waals surface area contributed by atoms with Crippen LogP contribution in [0.1, 0.15) is 20.8 Å². The van der Waals surface area contributed by atoms with Crippen molar-refractivity contribution < 1.29 is 60.8 Å². The minimum absolute atomic E-state index is 0. The van der Waals surface area contributed by atoms with E-state index in [0.29, 0.717) is 0 Å². The van der Waals surface area contributed by atoms with Crippen molar-refractivity contribution in [1.82, 2.24) is 4.90 Å². The number of allylic oxidation sites excluding steroid dienone is 1. The first-order valence-corrected chi connectivity index (χ1v) is 5.93. The van der Waals surface area contributed by atoms with Crippen LogP contribution in [0.15, 0.2) is 11.9 Å². The summed E-state index contributed by atoms with van der Waals surface area (Å²) in [5.74, 6) is -0.955. The molecule has 9 heteroatoms. The van der Waals surface area contributed by atoms with Gasteiger partial charge in [0.2, 0.25) is 0 Å². The maximum absolute atomic E-state index is 12.6. The first kappa shape index (κ1) is 23.1. The molecule has 1 atom stereocenters. The molecule has 0 spiro atoms. The van der Waals surface area contributed by atoms with Gasteiger partial charge in [0, 0.05) is 46.8 Å². The first-order valence-electron chi connectivity index (χ1n) is 5.93. The van der Waals surface area contributed by atoms with E-state index in [0.717, 1.165) is 6.92 Å². The van der Waals surface area contributed by atoms with Crippen LogP contribution in [0.2, 0.25) is 0 Å². The number of ketones is 1. The SMILES string of the molecule is CC(C)OO.CN(C)/C=C1/[N-]CC(C)(C(F)(F)F)C1=O.[Y]. The van der Waals surface area contributed by atoms with E-state index in [-0.39, 0.29) is 44.5 Å². The molecule has 121 valence electrons. The van der Waals surface area contributed by atoms with Crippen molar-refractivity contribution in [2.75, 3.05) is 20.6 Å². The predicted octanol–water partition coefficient (Wildman–Crippen LogP) is 2.80. The van der Waals surface area contributed by atoms with Crippen LogP contribution in [0.3, 0.4) is 0 Å². The topological polar surface area (TPSA) is 63.9 Å². The molecule has 1 fully saturated rings. The van der Waals surface area contributed by atoms with Gasteiger partial charge in [0.1, 0.15) is 5.41 Å². The summed E-state index contributed by atoms with van der Waals surface area (Å²) in [6.45, 7) is 3.87. The maximum atomic E-state index is 12.6. The number of nitrogens with zero attached hydrogens (tertiary/aromatic N) is 2. The summed E-state index contributed by atoms with van der Waals surface area (Å²) in [6.07, 6.45) is -3.30. The van der Waals surface area contributed by atoms with E-state index in [4.69, 9.17) is 5.26 Å². The van der Waals surface area contributed by atoms with Crippen LogP contribution in [0.4, 0.5) is 13.2 Å². The van der Waals surface area contributed by atoms with E-state index in [1.54, 1.807) is 27.9 Å². The van der Waals surface area contributed by atoms with Crippen LogP contribution in [0.5, 0.6) is 0 Å². The van der Waals surface area contributed by atoms with Crippen molar-refractivity contribution in [3.63, 3.8) is 0 Å². The Morgan fingerprint density at radius 2 is 1.86 bits per heavy atom. The smallest absolute Gasteiger partial charge is 0.399 e. The van der Waals surface area contributed by atoms with Gasteiger partial charge >= 0.3 is 6.18 Å². The summed E-state index contributed by atoms with van der Waals surface area (Å²) in [5.41, 5.74) is -2.46. The Hall–Kier alpha value is -0.176. The number of alkyl halides is 3. The second-order valence-electron chi connectivity index (χ2n) is 5.11. The largest absolute Gasteiger partial charge is 0.679 e. The molecule has 1 N–H and O–H groups in total. The number of carbonyl (C=O) groups is 1. The molecule has 21 heavy (non-hydrogen) atoms. The molecule has 1 unspecified atom stereocenters. The third-order valence-electron chi connectivity index (χ3n) is 2.52. The number of halogens is 3. The molecule has 1 radical (unpaired) electrons. The molecule has 0 amide bonds. The Morgan fingerprint density at radius 1 is 1.43 bits per heavy atom. The van der Waals surface area contributed by atoms with E-state index in [9.17, 15) is 18.0 Å². The van der Waals surface area contributed by atoms with Gasteiger partial charge in [-0.1, -0.05) is 5.70 Å². The van der Waals surface area contributed by atoms with Gasteiger partial charge in [0.05, 0.1) is 6.10 Å². The van der Waals surface area contributed by atoms with E-state index >= 15 is 0 Å². The molecule has 1 aliphatic heterocycles. The molecule has 0 aromatic rings. The molecule has 1 aliphatic rings.